The second kappa shape index (κ2) is 3.48. The van der Waals surface area contributed by atoms with E-state index < -0.39 is 20.2 Å². The third-order valence-corrected chi connectivity index (χ3v) is 4.09. The molecular weight excluding hydrogens is 241 g/mol. The Hall–Kier alpha value is -1.04. The SMILES string of the molecule is O=S(=O)(c1cccc2c1CC[CH]2)C(F)(F)F. The summed E-state index contributed by atoms with van der Waals surface area (Å²) >= 11 is 0. The van der Waals surface area contributed by atoms with Crippen molar-refractivity contribution in [1.29, 1.82) is 0 Å². The Morgan fingerprint density at radius 3 is 2.50 bits per heavy atom. The van der Waals surface area contributed by atoms with Crippen LogP contribution in [0.4, 0.5) is 13.2 Å². The van der Waals surface area contributed by atoms with Crippen molar-refractivity contribution in [1.82, 2.24) is 0 Å². The van der Waals surface area contributed by atoms with Gasteiger partial charge in [-0.05, 0) is 36.5 Å². The maximum Gasteiger partial charge on any atom is 0.501 e. The number of hydrogen-bond acceptors (Lipinski definition) is 2. The van der Waals surface area contributed by atoms with Crippen LogP contribution < -0.4 is 0 Å². The fraction of sp³-hybridized carbons (Fsp3) is 0.300. The first-order valence-electron chi connectivity index (χ1n) is 4.60. The number of sulfone groups is 1. The van der Waals surface area contributed by atoms with Gasteiger partial charge in [0.25, 0.3) is 9.84 Å². The zero-order valence-electron chi connectivity index (χ0n) is 8.08. The van der Waals surface area contributed by atoms with E-state index in [2.05, 4.69) is 0 Å². The van der Waals surface area contributed by atoms with Crippen LogP contribution in [0.25, 0.3) is 0 Å². The highest BCUT2D eigenvalue weighted by atomic mass is 32.2. The topological polar surface area (TPSA) is 34.1 Å². The van der Waals surface area contributed by atoms with E-state index in [4.69, 9.17) is 0 Å². The summed E-state index contributed by atoms with van der Waals surface area (Å²) in [4.78, 5) is -0.605. The molecule has 0 saturated carbocycles. The Morgan fingerprint density at radius 2 is 1.88 bits per heavy atom. The third-order valence-electron chi connectivity index (χ3n) is 2.52. The highest BCUT2D eigenvalue weighted by Crippen LogP contribution is 2.36. The molecule has 0 N–H and O–H groups in total. The molecule has 0 unspecified atom stereocenters. The molecule has 0 heterocycles. The van der Waals surface area contributed by atoms with Crippen LogP contribution in [0.3, 0.4) is 0 Å². The van der Waals surface area contributed by atoms with Crippen LogP contribution in [0.2, 0.25) is 0 Å². The largest absolute Gasteiger partial charge is 0.501 e. The van der Waals surface area contributed by atoms with Crippen molar-refractivity contribution in [2.75, 3.05) is 0 Å². The van der Waals surface area contributed by atoms with E-state index in [0.29, 0.717) is 18.4 Å². The van der Waals surface area contributed by atoms with E-state index in [9.17, 15) is 21.6 Å². The van der Waals surface area contributed by atoms with Crippen molar-refractivity contribution in [2.24, 2.45) is 0 Å². The summed E-state index contributed by atoms with van der Waals surface area (Å²) in [5, 5.41) is 0. The van der Waals surface area contributed by atoms with Crippen LogP contribution in [0.1, 0.15) is 17.5 Å². The van der Waals surface area contributed by atoms with Gasteiger partial charge in [-0.15, -0.1) is 0 Å². The second-order valence-electron chi connectivity index (χ2n) is 3.52. The lowest BCUT2D eigenvalue weighted by Crippen LogP contribution is -2.24. The molecule has 0 saturated heterocycles. The Balaban J connectivity index is 2.63. The van der Waals surface area contributed by atoms with Crippen molar-refractivity contribution in [3.8, 4) is 0 Å². The van der Waals surface area contributed by atoms with Gasteiger partial charge in [0.1, 0.15) is 0 Å². The smallest absolute Gasteiger partial charge is 0.214 e. The van der Waals surface area contributed by atoms with Crippen molar-refractivity contribution in [3.05, 3.63) is 35.7 Å². The molecule has 0 bridgehead atoms. The lowest BCUT2D eigenvalue weighted by molar-refractivity contribution is -0.0436. The number of hydrogen-bond donors (Lipinski definition) is 0. The Labute approximate surface area is 91.0 Å². The van der Waals surface area contributed by atoms with Crippen LogP contribution in [0, 0.1) is 6.42 Å². The van der Waals surface area contributed by atoms with Crippen molar-refractivity contribution >= 4 is 9.84 Å². The molecule has 2 rings (SSSR count). The maximum atomic E-state index is 12.4. The van der Waals surface area contributed by atoms with Gasteiger partial charge in [0.15, 0.2) is 0 Å². The first-order valence-corrected chi connectivity index (χ1v) is 6.09. The molecule has 1 aromatic carbocycles. The molecule has 0 amide bonds. The van der Waals surface area contributed by atoms with Gasteiger partial charge in [0, 0.05) is 0 Å². The van der Waals surface area contributed by atoms with E-state index in [-0.39, 0.29) is 5.56 Å². The Bertz CT molecular complexity index is 517. The minimum atomic E-state index is -5.23. The molecule has 87 valence electrons. The molecule has 2 nitrogen and oxygen atoms in total. The molecule has 1 aromatic rings. The highest BCUT2D eigenvalue weighted by molar-refractivity contribution is 7.92. The van der Waals surface area contributed by atoms with E-state index in [0.717, 1.165) is 6.07 Å². The fourth-order valence-electron chi connectivity index (χ4n) is 1.79. The molecule has 1 radical (unpaired) electrons. The quantitative estimate of drug-likeness (QED) is 0.766. The van der Waals surface area contributed by atoms with Gasteiger partial charge in [-0.1, -0.05) is 12.1 Å². The number of halogens is 3. The van der Waals surface area contributed by atoms with Gasteiger partial charge >= 0.3 is 5.51 Å². The zero-order chi connectivity index (χ0) is 12.0. The number of benzene rings is 1. The normalized spacial score (nSPS) is 16.2. The van der Waals surface area contributed by atoms with Gasteiger partial charge in [0.2, 0.25) is 0 Å². The zero-order valence-corrected chi connectivity index (χ0v) is 8.90. The van der Waals surface area contributed by atoms with Crippen LogP contribution in [0.5, 0.6) is 0 Å². The summed E-state index contributed by atoms with van der Waals surface area (Å²) in [5.41, 5.74) is -4.37. The Kier molecular flexibility index (Phi) is 2.49. The molecule has 0 aliphatic heterocycles. The summed E-state index contributed by atoms with van der Waals surface area (Å²) in [6.45, 7) is 0. The van der Waals surface area contributed by atoms with Crippen molar-refractivity contribution in [3.63, 3.8) is 0 Å². The van der Waals surface area contributed by atoms with Crippen LogP contribution >= 0.6 is 0 Å². The molecule has 16 heavy (non-hydrogen) atoms. The molecule has 0 spiro atoms. The Morgan fingerprint density at radius 1 is 1.19 bits per heavy atom. The summed E-state index contributed by atoms with van der Waals surface area (Å²) in [6.07, 6.45) is 2.67. The third kappa shape index (κ3) is 1.61. The average molecular weight is 249 g/mol. The second-order valence-corrected chi connectivity index (χ2v) is 5.43. The average Bonchev–Trinajstić information content (AvgIpc) is 2.62. The molecule has 1 aliphatic rings. The van der Waals surface area contributed by atoms with Gasteiger partial charge in [-0.2, -0.15) is 13.2 Å². The predicted molar refractivity (Wildman–Crippen MR) is 51.4 cm³/mol. The van der Waals surface area contributed by atoms with Gasteiger partial charge in [-0.3, -0.25) is 0 Å². The fourth-order valence-corrected chi connectivity index (χ4v) is 2.84. The van der Waals surface area contributed by atoms with E-state index in [1.807, 2.05) is 0 Å². The highest BCUT2D eigenvalue weighted by Gasteiger charge is 2.48. The number of rotatable bonds is 1. The molecule has 0 fully saturated rings. The maximum absolute atomic E-state index is 12.4. The summed E-state index contributed by atoms with van der Waals surface area (Å²) in [5.74, 6) is 0. The van der Waals surface area contributed by atoms with E-state index in [1.165, 1.54) is 6.07 Å². The standard InChI is InChI=1S/C10H8F3O2S/c11-10(12,13)16(14,15)9-6-2-4-7-3-1-5-8(7)9/h2-4,6H,1,5H2. The summed E-state index contributed by atoms with van der Waals surface area (Å²) < 4.78 is 59.7. The number of fused-ring (bicyclic) bond motifs is 1. The molecular formula is C10H8F3O2S. The van der Waals surface area contributed by atoms with E-state index in [1.54, 1.807) is 12.5 Å². The van der Waals surface area contributed by atoms with Crippen LogP contribution in [0.15, 0.2) is 23.1 Å². The van der Waals surface area contributed by atoms with E-state index >= 15 is 0 Å². The summed E-state index contributed by atoms with van der Waals surface area (Å²) in [6, 6.07) is 3.97. The lowest BCUT2D eigenvalue weighted by Gasteiger charge is -2.11. The van der Waals surface area contributed by atoms with Crippen molar-refractivity contribution < 1.29 is 21.6 Å². The molecule has 0 aromatic heterocycles. The minimum absolute atomic E-state index is 0.278. The van der Waals surface area contributed by atoms with Gasteiger partial charge in [-0.25, -0.2) is 8.42 Å². The van der Waals surface area contributed by atoms with Gasteiger partial charge in [0.05, 0.1) is 4.90 Å². The monoisotopic (exact) mass is 249 g/mol. The number of alkyl halides is 3. The minimum Gasteiger partial charge on any atom is -0.214 e. The molecule has 6 heteroatoms. The van der Waals surface area contributed by atoms with Crippen LogP contribution in [-0.2, 0) is 16.3 Å². The van der Waals surface area contributed by atoms with Gasteiger partial charge < -0.3 is 0 Å². The molecule has 1 aliphatic carbocycles. The van der Waals surface area contributed by atoms with Crippen molar-refractivity contribution in [2.45, 2.75) is 23.2 Å². The lowest BCUT2D eigenvalue weighted by atomic mass is 10.1. The molecule has 0 atom stereocenters. The van der Waals surface area contributed by atoms with Crippen LogP contribution in [-0.4, -0.2) is 13.9 Å². The first kappa shape index (κ1) is 11.4. The summed E-state index contributed by atoms with van der Waals surface area (Å²) in [7, 11) is -5.22. The predicted octanol–water partition coefficient (Wildman–Crippen LogP) is 2.48. The first-order chi connectivity index (χ1) is 7.34.